The Morgan fingerprint density at radius 2 is 1.53 bits per heavy atom. The minimum Gasteiger partial charge on any atom is -0.507 e. The van der Waals surface area contributed by atoms with Gasteiger partial charge in [-0.3, -0.25) is 19.4 Å². The number of carbonyl (C=O) groups is 2. The maximum absolute atomic E-state index is 13.3. The highest BCUT2D eigenvalue weighted by Gasteiger charge is 2.57. The number of Topliss-reactive ketones (excluding diaryl/α,β-unsaturated/α-hetero) is 1. The van der Waals surface area contributed by atoms with Gasteiger partial charge in [-0.25, -0.2) is 0 Å². The molecule has 0 radical (unpaired) electrons. The molecule has 12 heteroatoms. The average Bonchev–Trinajstić information content (AvgIpc) is 3.08. The summed E-state index contributed by atoms with van der Waals surface area (Å²) in [4.78, 5) is 30.4. The summed E-state index contributed by atoms with van der Waals surface area (Å²) in [5.74, 6) is -0.200. The second-order valence-corrected chi connectivity index (χ2v) is 13.0. The predicted molar refractivity (Wildman–Crippen MR) is 179 cm³/mol. The van der Waals surface area contributed by atoms with Crippen molar-refractivity contribution in [2.24, 2.45) is 0 Å². The zero-order chi connectivity index (χ0) is 35.3. The molecule has 1 fully saturated rings. The number of benzene rings is 3. The molecule has 4 N–H and O–H groups in total. The van der Waals surface area contributed by atoms with E-state index < -0.39 is 42.5 Å². The van der Waals surface area contributed by atoms with Crippen molar-refractivity contribution in [1.29, 1.82) is 5.26 Å². The molecule has 258 valence electrons. The van der Waals surface area contributed by atoms with Crippen LogP contribution in [-0.2, 0) is 35.5 Å². The molecule has 1 amide bonds. The molecule has 0 aromatic heterocycles. The number of hydrogen-bond donors (Lipinski definition) is 4. The number of ketones is 1. The summed E-state index contributed by atoms with van der Waals surface area (Å²) < 4.78 is 17.5. The van der Waals surface area contributed by atoms with E-state index in [0.717, 1.165) is 5.56 Å². The zero-order valence-electron chi connectivity index (χ0n) is 28.5. The molecule has 5 atom stereocenters. The number of aromatic hydroxyl groups is 2. The Morgan fingerprint density at radius 1 is 0.918 bits per heavy atom. The standard InChI is InChI=1S/C37H42N4O8/c1-18-23(17-42)32(44)29-21(34(18)47-4)14-25-31-30-22(35(48-5)19(2)36(49-6)33(30)45)13-24(40(31)3)26(15-38)41(25)27(29)16-39-37(46)28(43)12-20-10-8-7-9-11-20/h7-11,24-27,31,42,44-45H,12-14,16-17H2,1-6H3,(H,39,46)/t24-,25+,26+,27+,31-/m1/s1. The third kappa shape index (κ3) is 5.24. The monoisotopic (exact) mass is 670 g/mol. The summed E-state index contributed by atoms with van der Waals surface area (Å²) in [6.45, 7) is 3.00. The number of hydrogen-bond acceptors (Lipinski definition) is 11. The van der Waals surface area contributed by atoms with Crippen molar-refractivity contribution in [2.75, 3.05) is 34.9 Å². The fourth-order valence-electron chi connectivity index (χ4n) is 8.58. The van der Waals surface area contributed by atoms with Crippen molar-refractivity contribution in [1.82, 2.24) is 15.1 Å². The molecule has 1 saturated heterocycles. The zero-order valence-corrected chi connectivity index (χ0v) is 28.5. The van der Waals surface area contributed by atoms with Crippen LogP contribution in [0.4, 0.5) is 0 Å². The molecule has 49 heavy (non-hydrogen) atoms. The number of ether oxygens (including phenoxy) is 3. The number of piperazine rings is 1. The van der Waals surface area contributed by atoms with Crippen LogP contribution in [0.25, 0.3) is 0 Å². The highest BCUT2D eigenvalue weighted by molar-refractivity contribution is 6.36. The molecular weight excluding hydrogens is 628 g/mol. The molecule has 12 nitrogen and oxygen atoms in total. The van der Waals surface area contributed by atoms with E-state index in [9.17, 15) is 30.2 Å². The number of carbonyl (C=O) groups excluding carboxylic acids is 2. The van der Waals surface area contributed by atoms with Crippen molar-refractivity contribution in [3.05, 3.63) is 74.8 Å². The van der Waals surface area contributed by atoms with Gasteiger partial charge >= 0.3 is 0 Å². The number of phenols is 2. The van der Waals surface area contributed by atoms with E-state index in [2.05, 4.69) is 16.3 Å². The van der Waals surface area contributed by atoms with Gasteiger partial charge in [0, 0.05) is 64.0 Å². The maximum atomic E-state index is 13.3. The Bertz CT molecular complexity index is 1860. The predicted octanol–water partition coefficient (Wildman–Crippen LogP) is 2.93. The van der Waals surface area contributed by atoms with E-state index in [-0.39, 0.29) is 36.1 Å². The summed E-state index contributed by atoms with van der Waals surface area (Å²) in [7, 11) is 6.52. The van der Waals surface area contributed by atoms with Crippen LogP contribution in [0.5, 0.6) is 28.7 Å². The molecule has 0 spiro atoms. The van der Waals surface area contributed by atoms with E-state index in [1.165, 1.54) is 14.2 Å². The van der Waals surface area contributed by atoms with E-state index in [0.29, 0.717) is 63.5 Å². The van der Waals surface area contributed by atoms with Crippen LogP contribution in [-0.4, -0.2) is 89.9 Å². The second-order valence-electron chi connectivity index (χ2n) is 13.0. The minimum absolute atomic E-state index is 0.00904. The van der Waals surface area contributed by atoms with Gasteiger partial charge in [0.25, 0.3) is 5.91 Å². The SMILES string of the molecule is COc1c(C)c(OC)c2c(c1O)[C@H]1[C@@H]3Cc4c(OC)c(C)c(CO)c(O)c4[C@H](CNC(=O)C(=O)Cc4ccccc4)N3[C@@H](C#N)[C@@H](C2)N1C. The molecule has 3 aromatic carbocycles. The van der Waals surface area contributed by atoms with Crippen LogP contribution in [0.1, 0.15) is 56.6 Å². The number of amides is 1. The first-order valence-corrected chi connectivity index (χ1v) is 16.3. The maximum Gasteiger partial charge on any atom is 0.287 e. The lowest BCUT2D eigenvalue weighted by Crippen LogP contribution is -2.68. The van der Waals surface area contributed by atoms with Gasteiger partial charge < -0.3 is 34.8 Å². The number of methoxy groups -OCH3 is 3. The van der Waals surface area contributed by atoms with E-state index in [1.54, 1.807) is 38.3 Å². The Hall–Kier alpha value is -4.83. The molecule has 0 aliphatic carbocycles. The topological polar surface area (TPSA) is 165 Å². The van der Waals surface area contributed by atoms with Gasteiger partial charge in [0.05, 0.1) is 46.1 Å². The summed E-state index contributed by atoms with van der Waals surface area (Å²) in [6, 6.07) is 8.62. The number of nitriles is 1. The molecule has 3 heterocycles. The highest BCUT2D eigenvalue weighted by atomic mass is 16.5. The van der Waals surface area contributed by atoms with Crippen LogP contribution in [0, 0.1) is 25.2 Å². The summed E-state index contributed by atoms with van der Waals surface area (Å²) in [6.07, 6.45) is 0.591. The largest absolute Gasteiger partial charge is 0.507 e. The number of likely N-dealkylation sites (N-methyl/N-ethyl adjacent to an activating group) is 1. The minimum atomic E-state index is -0.802. The Labute approximate surface area is 285 Å². The molecule has 0 saturated carbocycles. The number of aliphatic hydroxyl groups excluding tert-OH is 1. The van der Waals surface area contributed by atoms with Crippen molar-refractivity contribution in [3.63, 3.8) is 0 Å². The van der Waals surface area contributed by atoms with Crippen molar-refractivity contribution in [2.45, 2.75) is 69.9 Å². The van der Waals surface area contributed by atoms with Gasteiger partial charge in [0.2, 0.25) is 5.78 Å². The second kappa shape index (κ2) is 13.2. The van der Waals surface area contributed by atoms with Crippen LogP contribution in [0.15, 0.2) is 30.3 Å². The summed E-state index contributed by atoms with van der Waals surface area (Å²) >= 11 is 0. The number of nitrogens with one attached hydrogen (secondary N) is 1. The third-order valence-electron chi connectivity index (χ3n) is 10.7. The highest BCUT2D eigenvalue weighted by Crippen LogP contribution is 2.58. The van der Waals surface area contributed by atoms with Crippen LogP contribution in [0.2, 0.25) is 0 Å². The molecule has 3 aliphatic heterocycles. The van der Waals surface area contributed by atoms with Crippen molar-refractivity contribution in [3.8, 4) is 34.8 Å². The van der Waals surface area contributed by atoms with Gasteiger partial charge in [-0.15, -0.1) is 0 Å². The molecule has 3 aliphatic rings. The van der Waals surface area contributed by atoms with Crippen LogP contribution in [0.3, 0.4) is 0 Å². The van der Waals surface area contributed by atoms with Crippen LogP contribution < -0.4 is 19.5 Å². The fourth-order valence-corrected chi connectivity index (χ4v) is 8.58. The molecular formula is C37H42N4O8. The van der Waals surface area contributed by atoms with E-state index in [1.807, 2.05) is 24.9 Å². The van der Waals surface area contributed by atoms with Gasteiger partial charge in [0.1, 0.15) is 23.3 Å². The molecule has 0 unspecified atom stereocenters. The first-order valence-electron chi connectivity index (χ1n) is 16.3. The van der Waals surface area contributed by atoms with Gasteiger partial charge in [0.15, 0.2) is 11.5 Å². The lowest BCUT2D eigenvalue weighted by atomic mass is 9.71. The molecule has 3 aromatic rings. The molecule has 6 rings (SSSR count). The summed E-state index contributed by atoms with van der Waals surface area (Å²) in [5, 5.41) is 47.5. The first-order chi connectivity index (χ1) is 23.5. The summed E-state index contributed by atoms with van der Waals surface area (Å²) in [5.41, 5.74) is 4.71. The Morgan fingerprint density at radius 3 is 2.14 bits per heavy atom. The lowest BCUT2D eigenvalue weighted by molar-refractivity contribution is -0.138. The first kappa shape index (κ1) is 34.0. The number of aliphatic hydroxyl groups is 1. The number of phenolic OH excluding ortho intramolecular Hbond substituents is 1. The van der Waals surface area contributed by atoms with Crippen molar-refractivity contribution < 1.29 is 39.1 Å². The van der Waals surface area contributed by atoms with Gasteiger partial charge in [-0.1, -0.05) is 30.3 Å². The number of nitrogens with zero attached hydrogens (tertiary/aromatic N) is 3. The normalized spacial score (nSPS) is 22.6. The lowest BCUT2D eigenvalue weighted by Gasteiger charge is -2.60. The number of fused-ring (bicyclic) bond motifs is 7. The van der Waals surface area contributed by atoms with Gasteiger partial charge in [-0.05, 0) is 39.3 Å². The number of rotatable bonds is 9. The fraction of sp³-hybridized carbons (Fsp3) is 0.432. The van der Waals surface area contributed by atoms with Crippen LogP contribution >= 0.6 is 0 Å². The quantitative estimate of drug-likeness (QED) is 0.248. The van der Waals surface area contributed by atoms with Gasteiger partial charge in [-0.2, -0.15) is 5.26 Å². The molecule has 2 bridgehead atoms. The Kier molecular flexibility index (Phi) is 9.19. The Balaban J connectivity index is 1.52. The third-order valence-corrected chi connectivity index (χ3v) is 10.7. The average molecular weight is 671 g/mol. The van der Waals surface area contributed by atoms with E-state index >= 15 is 0 Å². The van der Waals surface area contributed by atoms with E-state index in [4.69, 9.17) is 14.2 Å². The smallest absolute Gasteiger partial charge is 0.287 e. The van der Waals surface area contributed by atoms with Crippen molar-refractivity contribution >= 4 is 11.7 Å².